The predicted octanol–water partition coefficient (Wildman–Crippen LogP) is 4.92. The van der Waals surface area contributed by atoms with E-state index in [1.807, 2.05) is 6.07 Å². The summed E-state index contributed by atoms with van der Waals surface area (Å²) in [4.78, 5) is 0. The second kappa shape index (κ2) is 5.79. The van der Waals surface area contributed by atoms with E-state index in [1.54, 1.807) is 7.11 Å². The molecule has 0 saturated heterocycles. The molecular formula is C19H18O. The van der Waals surface area contributed by atoms with Gasteiger partial charge in [-0.1, -0.05) is 66.7 Å². The molecule has 0 saturated carbocycles. The molecule has 1 aliphatic carbocycles. The molecule has 1 aliphatic rings. The highest BCUT2D eigenvalue weighted by Gasteiger charge is 2.19. The van der Waals surface area contributed by atoms with Gasteiger partial charge in [0.05, 0.1) is 7.11 Å². The van der Waals surface area contributed by atoms with E-state index >= 15 is 0 Å². The summed E-state index contributed by atoms with van der Waals surface area (Å²) in [6, 6.07) is 21.0. The maximum Gasteiger partial charge on any atom is 0.104 e. The topological polar surface area (TPSA) is 9.23 Å². The van der Waals surface area contributed by atoms with Gasteiger partial charge in [-0.15, -0.1) is 0 Å². The summed E-state index contributed by atoms with van der Waals surface area (Å²) in [5.41, 5.74) is 4.98. The third-order valence-corrected chi connectivity index (χ3v) is 3.66. The number of ether oxygens (including phenoxy) is 1. The molecule has 20 heavy (non-hydrogen) atoms. The molecule has 2 aromatic carbocycles. The van der Waals surface area contributed by atoms with Crippen LogP contribution in [0.1, 0.15) is 24.0 Å². The van der Waals surface area contributed by atoms with Crippen molar-refractivity contribution < 1.29 is 4.74 Å². The van der Waals surface area contributed by atoms with Gasteiger partial charge in [-0.05, 0) is 23.1 Å². The Balaban J connectivity index is 2.14. The number of allylic oxidation sites excluding steroid dienone is 4. The van der Waals surface area contributed by atoms with Crippen molar-refractivity contribution in [2.45, 2.75) is 12.8 Å². The summed E-state index contributed by atoms with van der Waals surface area (Å²) in [6.07, 6.45) is 4.32. The minimum Gasteiger partial charge on any atom is -0.500 e. The Morgan fingerprint density at radius 1 is 0.800 bits per heavy atom. The Kier molecular flexibility index (Phi) is 3.69. The van der Waals surface area contributed by atoms with Crippen LogP contribution in [-0.4, -0.2) is 7.11 Å². The molecular weight excluding hydrogens is 244 g/mol. The second-order valence-corrected chi connectivity index (χ2v) is 4.89. The number of methoxy groups -OCH3 is 1. The van der Waals surface area contributed by atoms with Gasteiger partial charge in [0.1, 0.15) is 5.76 Å². The molecule has 0 aromatic heterocycles. The van der Waals surface area contributed by atoms with Gasteiger partial charge < -0.3 is 4.74 Å². The maximum atomic E-state index is 5.65. The molecule has 100 valence electrons. The summed E-state index contributed by atoms with van der Waals surface area (Å²) in [6.45, 7) is 0. The van der Waals surface area contributed by atoms with Crippen LogP contribution in [0.5, 0.6) is 0 Å². The van der Waals surface area contributed by atoms with Crippen LogP contribution in [0.2, 0.25) is 0 Å². The van der Waals surface area contributed by atoms with Crippen LogP contribution in [0.25, 0.3) is 11.1 Å². The average molecular weight is 262 g/mol. The van der Waals surface area contributed by atoms with E-state index < -0.39 is 0 Å². The van der Waals surface area contributed by atoms with Crippen LogP contribution in [0.4, 0.5) is 0 Å². The quantitative estimate of drug-likeness (QED) is 0.762. The monoisotopic (exact) mass is 262 g/mol. The van der Waals surface area contributed by atoms with Crippen molar-refractivity contribution in [1.29, 1.82) is 0 Å². The highest BCUT2D eigenvalue weighted by atomic mass is 16.5. The van der Waals surface area contributed by atoms with Gasteiger partial charge in [-0.25, -0.2) is 0 Å². The van der Waals surface area contributed by atoms with Crippen molar-refractivity contribution in [2.75, 3.05) is 7.11 Å². The van der Waals surface area contributed by atoms with E-state index in [9.17, 15) is 0 Å². The van der Waals surface area contributed by atoms with Gasteiger partial charge in [0.25, 0.3) is 0 Å². The highest BCUT2D eigenvalue weighted by molar-refractivity contribution is 6.06. The molecule has 0 heterocycles. The molecule has 0 N–H and O–H groups in total. The second-order valence-electron chi connectivity index (χ2n) is 4.89. The maximum absolute atomic E-state index is 5.65. The van der Waals surface area contributed by atoms with E-state index in [-0.39, 0.29) is 0 Å². The molecule has 3 rings (SSSR count). The van der Waals surface area contributed by atoms with Crippen LogP contribution < -0.4 is 0 Å². The Bertz CT molecular complexity index is 636. The zero-order valence-corrected chi connectivity index (χ0v) is 11.7. The fraction of sp³-hybridized carbons (Fsp3) is 0.158. The third kappa shape index (κ3) is 2.39. The minimum absolute atomic E-state index is 0.969. The molecule has 0 atom stereocenters. The Morgan fingerprint density at radius 2 is 1.40 bits per heavy atom. The highest BCUT2D eigenvalue weighted by Crippen LogP contribution is 2.39. The summed E-state index contributed by atoms with van der Waals surface area (Å²) < 4.78 is 5.65. The molecule has 1 nitrogen and oxygen atoms in total. The Labute approximate surface area is 120 Å². The van der Waals surface area contributed by atoms with Gasteiger partial charge in [0, 0.05) is 12.0 Å². The average Bonchev–Trinajstić information content (AvgIpc) is 2.55. The number of benzene rings is 2. The number of hydrogen-bond acceptors (Lipinski definition) is 1. The molecule has 0 bridgehead atoms. The van der Waals surface area contributed by atoms with Gasteiger partial charge in [-0.3, -0.25) is 0 Å². The van der Waals surface area contributed by atoms with Crippen molar-refractivity contribution in [3.05, 3.63) is 83.6 Å². The first-order valence-corrected chi connectivity index (χ1v) is 6.98. The lowest BCUT2D eigenvalue weighted by Gasteiger charge is -2.22. The van der Waals surface area contributed by atoms with Crippen LogP contribution in [-0.2, 0) is 4.74 Å². The van der Waals surface area contributed by atoms with Crippen molar-refractivity contribution in [3.63, 3.8) is 0 Å². The summed E-state index contributed by atoms with van der Waals surface area (Å²) in [5.74, 6) is 1.08. The van der Waals surface area contributed by atoms with Crippen LogP contribution in [0.3, 0.4) is 0 Å². The summed E-state index contributed by atoms with van der Waals surface area (Å²) >= 11 is 0. The zero-order chi connectivity index (χ0) is 13.8. The smallest absolute Gasteiger partial charge is 0.104 e. The molecule has 0 radical (unpaired) electrons. The predicted molar refractivity (Wildman–Crippen MR) is 84.0 cm³/mol. The molecule has 0 spiro atoms. The normalized spacial score (nSPS) is 14.9. The fourth-order valence-corrected chi connectivity index (χ4v) is 2.73. The van der Waals surface area contributed by atoms with Crippen molar-refractivity contribution in [3.8, 4) is 0 Å². The molecule has 0 unspecified atom stereocenters. The molecule has 0 amide bonds. The number of rotatable bonds is 3. The molecule has 0 fully saturated rings. The van der Waals surface area contributed by atoms with Crippen molar-refractivity contribution in [1.82, 2.24) is 0 Å². The zero-order valence-electron chi connectivity index (χ0n) is 11.7. The standard InChI is InChI=1S/C19H18O/c1-20-18-14-8-13-17(15-9-4-2-5-10-15)19(18)16-11-6-3-7-12-16/h2-7,9-13H,8,14H2,1H3. The lowest BCUT2D eigenvalue weighted by atomic mass is 9.86. The SMILES string of the molecule is COC1=C(c2ccccc2)C(c2ccccc2)=CCC1. The lowest BCUT2D eigenvalue weighted by molar-refractivity contribution is 0.279. The van der Waals surface area contributed by atoms with Crippen LogP contribution in [0, 0.1) is 0 Å². The summed E-state index contributed by atoms with van der Waals surface area (Å²) in [5, 5.41) is 0. The Morgan fingerprint density at radius 3 is 2.00 bits per heavy atom. The van der Waals surface area contributed by atoms with Gasteiger partial charge in [0.15, 0.2) is 0 Å². The first kappa shape index (κ1) is 12.7. The Hall–Kier alpha value is -2.28. The van der Waals surface area contributed by atoms with E-state index in [4.69, 9.17) is 4.74 Å². The van der Waals surface area contributed by atoms with Crippen molar-refractivity contribution in [2.24, 2.45) is 0 Å². The first-order chi connectivity index (χ1) is 9.90. The summed E-state index contributed by atoms with van der Waals surface area (Å²) in [7, 11) is 1.77. The largest absolute Gasteiger partial charge is 0.500 e. The molecule has 1 heteroatoms. The third-order valence-electron chi connectivity index (χ3n) is 3.66. The van der Waals surface area contributed by atoms with Crippen LogP contribution >= 0.6 is 0 Å². The minimum atomic E-state index is 0.969. The fourth-order valence-electron chi connectivity index (χ4n) is 2.73. The first-order valence-electron chi connectivity index (χ1n) is 6.98. The molecule has 0 aliphatic heterocycles. The molecule has 2 aromatic rings. The van der Waals surface area contributed by atoms with Crippen LogP contribution in [0.15, 0.2) is 72.5 Å². The van der Waals surface area contributed by atoms with E-state index in [2.05, 4.69) is 60.7 Å². The van der Waals surface area contributed by atoms with E-state index in [1.165, 1.54) is 22.3 Å². The van der Waals surface area contributed by atoms with Gasteiger partial charge in [-0.2, -0.15) is 0 Å². The van der Waals surface area contributed by atoms with Crippen molar-refractivity contribution >= 4 is 11.1 Å². The number of hydrogen-bond donors (Lipinski definition) is 0. The lowest BCUT2D eigenvalue weighted by Crippen LogP contribution is -2.02. The van der Waals surface area contributed by atoms with E-state index in [0.717, 1.165) is 18.6 Å². The van der Waals surface area contributed by atoms with Gasteiger partial charge in [0.2, 0.25) is 0 Å². The van der Waals surface area contributed by atoms with Gasteiger partial charge >= 0.3 is 0 Å². The van der Waals surface area contributed by atoms with E-state index in [0.29, 0.717) is 0 Å².